The van der Waals surface area contributed by atoms with Gasteiger partial charge in [0.05, 0.1) is 18.4 Å². The van der Waals surface area contributed by atoms with Crippen molar-refractivity contribution in [3.63, 3.8) is 0 Å². The van der Waals surface area contributed by atoms with Crippen LogP contribution in [0.4, 0.5) is 0 Å². The monoisotopic (exact) mass is 257 g/mol. The number of aromatic nitrogens is 2. The summed E-state index contributed by atoms with van der Waals surface area (Å²) in [5.74, 6) is 1.50. The van der Waals surface area contributed by atoms with Gasteiger partial charge in [0.15, 0.2) is 5.76 Å². The number of aliphatic hydroxyl groups excluding tert-OH is 1. The highest BCUT2D eigenvalue weighted by atomic mass is 35.5. The lowest BCUT2D eigenvalue weighted by Crippen LogP contribution is -2.15. The predicted octanol–water partition coefficient (Wildman–Crippen LogP) is 1.15. The fourth-order valence-corrected chi connectivity index (χ4v) is 1.79. The van der Waals surface area contributed by atoms with Crippen LogP contribution in [0.2, 0.25) is 0 Å². The van der Waals surface area contributed by atoms with Gasteiger partial charge < -0.3 is 19.4 Å². The van der Waals surface area contributed by atoms with Gasteiger partial charge in [0, 0.05) is 6.54 Å². The number of furan rings is 1. The van der Waals surface area contributed by atoms with Crippen molar-refractivity contribution in [2.45, 2.75) is 18.6 Å². The molecule has 2 atom stereocenters. The molecule has 1 aliphatic heterocycles. The van der Waals surface area contributed by atoms with Crippen molar-refractivity contribution in [3.8, 4) is 11.6 Å². The first kappa shape index (κ1) is 12.1. The summed E-state index contributed by atoms with van der Waals surface area (Å²) in [5.41, 5.74) is 0. The van der Waals surface area contributed by atoms with Gasteiger partial charge in [0.25, 0.3) is 0 Å². The van der Waals surface area contributed by atoms with Crippen LogP contribution in [0.25, 0.3) is 11.6 Å². The lowest BCUT2D eigenvalue weighted by Gasteiger charge is -2.01. The minimum atomic E-state index is -0.344. The third kappa shape index (κ3) is 2.33. The van der Waals surface area contributed by atoms with Crippen molar-refractivity contribution in [1.82, 2.24) is 15.5 Å². The molecule has 6 nitrogen and oxygen atoms in total. The molecule has 92 valence electrons. The Morgan fingerprint density at radius 2 is 2.35 bits per heavy atom. The summed E-state index contributed by atoms with van der Waals surface area (Å²) >= 11 is 0. The molecule has 2 aromatic rings. The van der Waals surface area contributed by atoms with Crippen molar-refractivity contribution >= 4 is 12.4 Å². The van der Waals surface area contributed by atoms with E-state index in [9.17, 15) is 5.11 Å². The number of hydrogen-bond acceptors (Lipinski definition) is 6. The SMILES string of the molecule is Cl.O[C@H]1CN[C@@H](c2nc(-c3ccco3)no2)C1. The molecule has 3 heterocycles. The van der Waals surface area contributed by atoms with Gasteiger partial charge in [-0.1, -0.05) is 5.16 Å². The van der Waals surface area contributed by atoms with Crippen molar-refractivity contribution in [1.29, 1.82) is 0 Å². The van der Waals surface area contributed by atoms with Crippen molar-refractivity contribution < 1.29 is 14.0 Å². The molecule has 0 aromatic carbocycles. The van der Waals surface area contributed by atoms with Crippen molar-refractivity contribution in [3.05, 3.63) is 24.3 Å². The van der Waals surface area contributed by atoms with E-state index in [0.29, 0.717) is 30.4 Å². The third-order valence-corrected chi connectivity index (χ3v) is 2.59. The van der Waals surface area contributed by atoms with E-state index in [2.05, 4.69) is 15.5 Å². The Hall–Kier alpha value is -1.37. The highest BCUT2D eigenvalue weighted by molar-refractivity contribution is 5.85. The Morgan fingerprint density at radius 1 is 1.47 bits per heavy atom. The van der Waals surface area contributed by atoms with Crippen LogP contribution < -0.4 is 5.32 Å². The molecule has 0 saturated carbocycles. The molecule has 0 spiro atoms. The Kier molecular flexibility index (Phi) is 3.46. The molecule has 0 aliphatic carbocycles. The van der Waals surface area contributed by atoms with E-state index < -0.39 is 0 Å². The van der Waals surface area contributed by atoms with Gasteiger partial charge in [0.2, 0.25) is 11.7 Å². The number of nitrogens with zero attached hydrogens (tertiary/aromatic N) is 2. The summed E-state index contributed by atoms with van der Waals surface area (Å²) < 4.78 is 10.3. The largest absolute Gasteiger partial charge is 0.461 e. The number of aliphatic hydroxyl groups is 1. The van der Waals surface area contributed by atoms with Crippen LogP contribution >= 0.6 is 12.4 Å². The smallest absolute Gasteiger partial charge is 0.244 e. The van der Waals surface area contributed by atoms with Crippen LogP contribution in [0, 0.1) is 0 Å². The average Bonchev–Trinajstić information content (AvgIpc) is 2.97. The fourth-order valence-electron chi connectivity index (χ4n) is 1.79. The van der Waals surface area contributed by atoms with E-state index in [0.717, 1.165) is 0 Å². The molecular weight excluding hydrogens is 246 g/mol. The quantitative estimate of drug-likeness (QED) is 0.840. The molecular formula is C10H12ClN3O3. The van der Waals surface area contributed by atoms with Crippen molar-refractivity contribution in [2.75, 3.05) is 6.54 Å². The number of halogens is 1. The summed E-state index contributed by atoms with van der Waals surface area (Å²) in [7, 11) is 0. The Labute approximate surface area is 103 Å². The van der Waals surface area contributed by atoms with Crippen LogP contribution in [0.3, 0.4) is 0 Å². The molecule has 2 aromatic heterocycles. The molecule has 7 heteroatoms. The van der Waals surface area contributed by atoms with Crippen LogP contribution in [-0.4, -0.2) is 27.9 Å². The average molecular weight is 258 g/mol. The van der Waals surface area contributed by atoms with Crippen LogP contribution in [-0.2, 0) is 0 Å². The second-order valence-electron chi connectivity index (χ2n) is 3.78. The Bertz CT molecular complexity index is 471. The minimum absolute atomic E-state index is 0. The maximum atomic E-state index is 9.38. The van der Waals surface area contributed by atoms with Gasteiger partial charge in [-0.15, -0.1) is 12.4 Å². The van der Waals surface area contributed by atoms with Gasteiger partial charge in [-0.05, 0) is 18.6 Å². The third-order valence-electron chi connectivity index (χ3n) is 2.59. The summed E-state index contributed by atoms with van der Waals surface area (Å²) in [5, 5.41) is 16.3. The fraction of sp³-hybridized carbons (Fsp3) is 0.400. The molecule has 1 fully saturated rings. The highest BCUT2D eigenvalue weighted by Gasteiger charge is 2.28. The van der Waals surface area contributed by atoms with Crippen LogP contribution in [0.1, 0.15) is 18.4 Å². The standard InChI is InChI=1S/C10H11N3O3.ClH/c14-6-4-7(11-5-6)10-12-9(13-16-10)8-2-1-3-15-8;/h1-3,6-7,11,14H,4-5H2;1H/t6-,7-;/m1./s1. The first-order chi connectivity index (χ1) is 7.83. The normalized spacial score (nSPS) is 23.6. The minimum Gasteiger partial charge on any atom is -0.461 e. The van der Waals surface area contributed by atoms with Crippen LogP contribution in [0.15, 0.2) is 27.3 Å². The molecule has 0 amide bonds. The van der Waals surface area contributed by atoms with Gasteiger partial charge in [-0.2, -0.15) is 4.98 Å². The van der Waals surface area contributed by atoms with Crippen LogP contribution in [0.5, 0.6) is 0 Å². The van der Waals surface area contributed by atoms with Gasteiger partial charge in [0.1, 0.15) is 0 Å². The molecule has 0 unspecified atom stereocenters. The molecule has 3 rings (SSSR count). The Balaban J connectivity index is 0.00000108. The lowest BCUT2D eigenvalue weighted by molar-refractivity contribution is 0.191. The number of rotatable bonds is 2. The molecule has 0 radical (unpaired) electrons. The zero-order valence-corrected chi connectivity index (χ0v) is 9.68. The van der Waals surface area contributed by atoms with Gasteiger partial charge in [-0.25, -0.2) is 0 Å². The first-order valence-electron chi connectivity index (χ1n) is 5.12. The van der Waals surface area contributed by atoms with E-state index in [4.69, 9.17) is 8.94 Å². The number of β-amino-alcohol motifs (C(OH)–C–C–N with tert-alkyl or cyclic N) is 1. The Morgan fingerprint density at radius 3 is 3.00 bits per heavy atom. The van der Waals surface area contributed by atoms with Crippen molar-refractivity contribution in [2.24, 2.45) is 0 Å². The topological polar surface area (TPSA) is 84.3 Å². The van der Waals surface area contributed by atoms with Gasteiger partial charge >= 0.3 is 0 Å². The molecule has 17 heavy (non-hydrogen) atoms. The zero-order chi connectivity index (χ0) is 11.0. The second-order valence-corrected chi connectivity index (χ2v) is 3.78. The predicted molar refractivity (Wildman–Crippen MR) is 60.6 cm³/mol. The zero-order valence-electron chi connectivity index (χ0n) is 8.87. The summed E-state index contributed by atoms with van der Waals surface area (Å²) in [6.07, 6.45) is 1.81. The van der Waals surface area contributed by atoms with E-state index in [1.807, 2.05) is 0 Å². The van der Waals surface area contributed by atoms with E-state index in [1.165, 1.54) is 0 Å². The van der Waals surface area contributed by atoms with Gasteiger partial charge in [-0.3, -0.25) is 0 Å². The maximum Gasteiger partial charge on any atom is 0.244 e. The second kappa shape index (κ2) is 4.87. The summed E-state index contributed by atoms with van der Waals surface area (Å²) in [6, 6.07) is 3.47. The molecule has 0 bridgehead atoms. The molecule has 1 aliphatic rings. The van der Waals surface area contributed by atoms with E-state index in [-0.39, 0.29) is 24.6 Å². The molecule has 2 N–H and O–H groups in total. The maximum absolute atomic E-state index is 9.38. The molecule has 1 saturated heterocycles. The highest BCUT2D eigenvalue weighted by Crippen LogP contribution is 2.24. The number of nitrogens with one attached hydrogen (secondary N) is 1. The summed E-state index contributed by atoms with van der Waals surface area (Å²) in [6.45, 7) is 0.559. The first-order valence-corrected chi connectivity index (χ1v) is 5.12. The van der Waals surface area contributed by atoms with E-state index in [1.54, 1.807) is 18.4 Å². The lowest BCUT2D eigenvalue weighted by atomic mass is 10.2. The van der Waals surface area contributed by atoms with E-state index >= 15 is 0 Å². The summed E-state index contributed by atoms with van der Waals surface area (Å²) in [4.78, 5) is 4.22. The number of hydrogen-bond donors (Lipinski definition) is 2.